The molecule has 4 rings (SSSR count). The summed E-state index contributed by atoms with van der Waals surface area (Å²) in [5, 5.41) is 8.64. The first-order chi connectivity index (χ1) is 10.9. The highest BCUT2D eigenvalue weighted by Gasteiger charge is 2.20. The number of aromatic nitrogens is 5. The molecule has 0 saturated heterocycles. The van der Waals surface area contributed by atoms with Crippen LogP contribution in [0.2, 0.25) is 0 Å². The summed E-state index contributed by atoms with van der Waals surface area (Å²) in [5.74, 6) is 0.943. The van der Waals surface area contributed by atoms with Gasteiger partial charge in [-0.2, -0.15) is 0 Å². The SMILES string of the molecule is CCCC(c1nc2ccccc2[nH]1)n1nnc2ccccc21. The van der Waals surface area contributed by atoms with Crippen LogP contribution in [-0.2, 0) is 0 Å². The van der Waals surface area contributed by atoms with Crippen LogP contribution < -0.4 is 0 Å². The number of hydrogen-bond acceptors (Lipinski definition) is 3. The van der Waals surface area contributed by atoms with Gasteiger partial charge in [-0.1, -0.05) is 42.8 Å². The number of nitrogens with one attached hydrogen (secondary N) is 1. The molecule has 0 spiro atoms. The van der Waals surface area contributed by atoms with Crippen molar-refractivity contribution in [3.05, 3.63) is 54.4 Å². The molecule has 110 valence electrons. The van der Waals surface area contributed by atoms with Crippen LogP contribution in [0.4, 0.5) is 0 Å². The Bertz CT molecular complexity index is 888. The molecule has 4 aromatic rings. The highest BCUT2D eigenvalue weighted by molar-refractivity contribution is 5.76. The largest absolute Gasteiger partial charge is 0.340 e. The summed E-state index contributed by atoms with van der Waals surface area (Å²) in [7, 11) is 0. The molecule has 22 heavy (non-hydrogen) atoms. The van der Waals surface area contributed by atoms with Crippen LogP contribution >= 0.6 is 0 Å². The molecule has 0 fully saturated rings. The Morgan fingerprint density at radius 3 is 2.64 bits per heavy atom. The van der Waals surface area contributed by atoms with E-state index in [-0.39, 0.29) is 6.04 Å². The maximum atomic E-state index is 4.75. The zero-order valence-corrected chi connectivity index (χ0v) is 12.4. The molecule has 2 heterocycles. The second-order valence-corrected chi connectivity index (χ2v) is 5.47. The van der Waals surface area contributed by atoms with Crippen LogP contribution in [0.1, 0.15) is 31.6 Å². The Hall–Kier alpha value is -2.69. The fourth-order valence-electron chi connectivity index (χ4n) is 2.90. The average Bonchev–Trinajstić information content (AvgIpc) is 3.16. The van der Waals surface area contributed by atoms with Crippen molar-refractivity contribution in [1.29, 1.82) is 0 Å². The zero-order valence-electron chi connectivity index (χ0n) is 12.4. The van der Waals surface area contributed by atoms with Crippen LogP contribution in [0.3, 0.4) is 0 Å². The van der Waals surface area contributed by atoms with E-state index in [0.29, 0.717) is 0 Å². The summed E-state index contributed by atoms with van der Waals surface area (Å²) >= 11 is 0. The molecule has 0 radical (unpaired) electrons. The lowest BCUT2D eigenvalue weighted by atomic mass is 10.1. The molecule has 5 heteroatoms. The van der Waals surface area contributed by atoms with Crippen molar-refractivity contribution in [3.63, 3.8) is 0 Å². The third-order valence-corrected chi connectivity index (χ3v) is 3.96. The summed E-state index contributed by atoms with van der Waals surface area (Å²) in [6.07, 6.45) is 2.02. The molecular formula is C17H17N5. The van der Waals surface area contributed by atoms with Gasteiger partial charge in [-0.25, -0.2) is 9.67 Å². The Kier molecular flexibility index (Phi) is 3.11. The van der Waals surface area contributed by atoms with Crippen LogP contribution in [0, 0.1) is 0 Å². The molecule has 2 aromatic carbocycles. The Morgan fingerprint density at radius 1 is 1.05 bits per heavy atom. The minimum atomic E-state index is 0.0739. The minimum Gasteiger partial charge on any atom is -0.340 e. The second-order valence-electron chi connectivity index (χ2n) is 5.47. The number of benzene rings is 2. The first-order valence-corrected chi connectivity index (χ1v) is 7.61. The third kappa shape index (κ3) is 2.06. The first-order valence-electron chi connectivity index (χ1n) is 7.61. The van der Waals surface area contributed by atoms with Crippen molar-refractivity contribution in [3.8, 4) is 0 Å². The van der Waals surface area contributed by atoms with Gasteiger partial charge in [0.05, 0.1) is 16.6 Å². The van der Waals surface area contributed by atoms with Gasteiger partial charge in [0, 0.05) is 0 Å². The average molecular weight is 291 g/mol. The molecule has 0 aliphatic rings. The van der Waals surface area contributed by atoms with Gasteiger partial charge in [0.1, 0.15) is 17.4 Å². The van der Waals surface area contributed by atoms with Gasteiger partial charge in [0.2, 0.25) is 0 Å². The van der Waals surface area contributed by atoms with Crippen LogP contribution in [0.25, 0.3) is 22.1 Å². The molecule has 1 N–H and O–H groups in total. The Morgan fingerprint density at radius 2 is 1.82 bits per heavy atom. The molecule has 0 aliphatic carbocycles. The molecule has 0 bridgehead atoms. The normalized spacial score (nSPS) is 13.0. The molecule has 1 unspecified atom stereocenters. The van der Waals surface area contributed by atoms with E-state index in [1.165, 1.54) is 0 Å². The summed E-state index contributed by atoms with van der Waals surface area (Å²) in [6, 6.07) is 16.2. The smallest absolute Gasteiger partial charge is 0.132 e. The zero-order chi connectivity index (χ0) is 14.9. The summed E-state index contributed by atoms with van der Waals surface area (Å²) in [4.78, 5) is 8.18. The molecule has 0 aliphatic heterocycles. The molecule has 0 saturated carbocycles. The van der Waals surface area contributed by atoms with Crippen molar-refractivity contribution in [1.82, 2.24) is 25.0 Å². The Balaban J connectivity index is 1.86. The number of nitrogens with zero attached hydrogens (tertiary/aromatic N) is 4. The van der Waals surface area contributed by atoms with E-state index in [9.17, 15) is 0 Å². The van der Waals surface area contributed by atoms with Crippen molar-refractivity contribution < 1.29 is 0 Å². The van der Waals surface area contributed by atoms with Crippen LogP contribution in [-0.4, -0.2) is 25.0 Å². The summed E-state index contributed by atoms with van der Waals surface area (Å²) in [6.45, 7) is 2.18. The van der Waals surface area contributed by atoms with Gasteiger partial charge in [-0.05, 0) is 30.7 Å². The molecule has 1 atom stereocenters. The lowest BCUT2D eigenvalue weighted by molar-refractivity contribution is 0.466. The third-order valence-electron chi connectivity index (χ3n) is 3.96. The maximum Gasteiger partial charge on any atom is 0.132 e. The number of H-pyrrole nitrogens is 1. The van der Waals surface area contributed by atoms with E-state index in [2.05, 4.69) is 28.3 Å². The minimum absolute atomic E-state index is 0.0739. The van der Waals surface area contributed by atoms with Gasteiger partial charge in [-0.3, -0.25) is 0 Å². The molecular weight excluding hydrogens is 274 g/mol. The highest BCUT2D eigenvalue weighted by Crippen LogP contribution is 2.26. The quantitative estimate of drug-likeness (QED) is 0.623. The Labute approximate surface area is 128 Å². The number of aromatic amines is 1. The van der Waals surface area contributed by atoms with Gasteiger partial charge in [0.15, 0.2) is 0 Å². The topological polar surface area (TPSA) is 59.4 Å². The van der Waals surface area contributed by atoms with E-state index in [0.717, 1.165) is 40.7 Å². The summed E-state index contributed by atoms with van der Waals surface area (Å²) < 4.78 is 1.98. The van der Waals surface area contributed by atoms with E-state index in [1.807, 2.05) is 47.1 Å². The van der Waals surface area contributed by atoms with Crippen molar-refractivity contribution in [2.45, 2.75) is 25.8 Å². The number of fused-ring (bicyclic) bond motifs is 2. The predicted octanol–water partition coefficient (Wildman–Crippen LogP) is 3.70. The monoisotopic (exact) mass is 291 g/mol. The molecule has 0 amide bonds. The van der Waals surface area contributed by atoms with E-state index >= 15 is 0 Å². The van der Waals surface area contributed by atoms with Crippen molar-refractivity contribution >= 4 is 22.1 Å². The van der Waals surface area contributed by atoms with E-state index in [4.69, 9.17) is 4.98 Å². The lowest BCUT2D eigenvalue weighted by Gasteiger charge is -2.14. The van der Waals surface area contributed by atoms with Gasteiger partial charge in [-0.15, -0.1) is 5.10 Å². The van der Waals surface area contributed by atoms with Gasteiger partial charge >= 0.3 is 0 Å². The molecule has 2 aromatic heterocycles. The summed E-state index contributed by atoms with van der Waals surface area (Å²) in [5.41, 5.74) is 4.01. The van der Waals surface area contributed by atoms with Gasteiger partial charge < -0.3 is 4.98 Å². The van der Waals surface area contributed by atoms with Crippen molar-refractivity contribution in [2.75, 3.05) is 0 Å². The van der Waals surface area contributed by atoms with Crippen LogP contribution in [0.5, 0.6) is 0 Å². The van der Waals surface area contributed by atoms with Crippen molar-refractivity contribution in [2.24, 2.45) is 0 Å². The predicted molar refractivity (Wildman–Crippen MR) is 86.7 cm³/mol. The van der Waals surface area contributed by atoms with Gasteiger partial charge in [0.25, 0.3) is 0 Å². The number of rotatable bonds is 4. The number of hydrogen-bond donors (Lipinski definition) is 1. The van der Waals surface area contributed by atoms with E-state index < -0.39 is 0 Å². The first kappa shape index (κ1) is 13.0. The molecule has 5 nitrogen and oxygen atoms in total. The fraction of sp³-hybridized carbons (Fsp3) is 0.235. The van der Waals surface area contributed by atoms with Crippen LogP contribution in [0.15, 0.2) is 48.5 Å². The number of imidazole rings is 1. The van der Waals surface area contributed by atoms with E-state index in [1.54, 1.807) is 0 Å². The lowest BCUT2D eigenvalue weighted by Crippen LogP contribution is -2.13. The fourth-order valence-corrected chi connectivity index (χ4v) is 2.90. The highest BCUT2D eigenvalue weighted by atomic mass is 15.4. The standard InChI is InChI=1S/C17H17N5/c1-2-7-16(17-18-12-8-3-4-9-13(12)19-17)22-15-11-6-5-10-14(15)20-21-22/h3-6,8-11,16H,2,7H2,1H3,(H,18,19). The maximum absolute atomic E-state index is 4.75. The number of para-hydroxylation sites is 3. The second kappa shape index (κ2) is 5.26.